The number of hydrogen-bond donors (Lipinski definition) is 0. The van der Waals surface area contributed by atoms with Gasteiger partial charge >= 0.3 is 0 Å². The van der Waals surface area contributed by atoms with Crippen molar-refractivity contribution in [3.8, 4) is 44.0 Å². The summed E-state index contributed by atoms with van der Waals surface area (Å²) in [6, 6.07) is 68.0. The minimum atomic E-state index is -0.465. The minimum Gasteiger partial charge on any atom is -0.256 e. The molecule has 0 saturated carbocycles. The van der Waals surface area contributed by atoms with Gasteiger partial charge in [-0.15, -0.1) is 11.3 Å². The Balaban J connectivity index is 1.12. The Kier molecular flexibility index (Phi) is 6.04. The average molecular weight is 726 g/mol. The summed E-state index contributed by atoms with van der Waals surface area (Å²) in [4.78, 5) is 6.49. The summed E-state index contributed by atoms with van der Waals surface area (Å²) in [6.07, 6.45) is 1.96. The van der Waals surface area contributed by atoms with Crippen molar-refractivity contribution in [2.24, 2.45) is 0 Å². The molecule has 2 heterocycles. The molecule has 1 unspecified atom stereocenters. The SMILES string of the molecule is c1ccc2c(c1)-c1sc3ccccc3c1C21c2cc(-c3cc4c5ccccc5c(-c5cccc6ccccc56)cc4c4ccccc34)ccc2-c2ncccc21. The zero-order valence-corrected chi connectivity index (χ0v) is 31.1. The molecule has 258 valence electrons. The predicted octanol–water partition coefficient (Wildman–Crippen LogP) is 14.6. The third-order valence-corrected chi connectivity index (χ3v) is 13.9. The van der Waals surface area contributed by atoms with Gasteiger partial charge in [0.05, 0.1) is 11.1 Å². The van der Waals surface area contributed by atoms with E-state index < -0.39 is 5.41 Å². The van der Waals surface area contributed by atoms with Gasteiger partial charge in [0, 0.05) is 21.3 Å². The molecule has 0 bridgehead atoms. The van der Waals surface area contributed by atoms with Crippen LogP contribution in [0.3, 0.4) is 0 Å². The van der Waals surface area contributed by atoms with Crippen LogP contribution < -0.4 is 0 Å². The molecule has 9 aromatic carbocycles. The highest BCUT2D eigenvalue weighted by Crippen LogP contribution is 2.66. The number of pyridine rings is 1. The smallest absolute Gasteiger partial charge is 0.0756 e. The van der Waals surface area contributed by atoms with E-state index in [9.17, 15) is 0 Å². The largest absolute Gasteiger partial charge is 0.256 e. The van der Waals surface area contributed by atoms with Crippen LogP contribution in [0.25, 0.3) is 97.1 Å². The van der Waals surface area contributed by atoms with E-state index in [0.717, 1.165) is 5.69 Å². The van der Waals surface area contributed by atoms with Crippen molar-refractivity contribution in [2.75, 3.05) is 0 Å². The Hall–Kier alpha value is -6.87. The van der Waals surface area contributed by atoms with E-state index >= 15 is 0 Å². The molecule has 0 amide bonds. The van der Waals surface area contributed by atoms with Crippen molar-refractivity contribution in [1.82, 2.24) is 4.98 Å². The van der Waals surface area contributed by atoms with Gasteiger partial charge in [-0.05, 0) is 129 Å². The summed E-state index contributed by atoms with van der Waals surface area (Å²) in [6.45, 7) is 0. The molecule has 0 saturated heterocycles. The molecular weight excluding hydrogens is 695 g/mol. The predicted molar refractivity (Wildman–Crippen MR) is 237 cm³/mol. The van der Waals surface area contributed by atoms with E-state index in [-0.39, 0.29) is 0 Å². The number of benzene rings is 9. The van der Waals surface area contributed by atoms with Crippen LogP contribution in [0, 0.1) is 0 Å². The quantitative estimate of drug-likeness (QED) is 0.162. The Morgan fingerprint density at radius 1 is 0.375 bits per heavy atom. The number of nitrogens with zero attached hydrogens (tertiary/aromatic N) is 1. The Labute approximate surface area is 327 Å². The van der Waals surface area contributed by atoms with Gasteiger partial charge in [0.25, 0.3) is 0 Å². The van der Waals surface area contributed by atoms with Crippen LogP contribution in [0.15, 0.2) is 188 Å². The number of rotatable bonds is 2. The van der Waals surface area contributed by atoms with E-state index in [1.165, 1.54) is 114 Å². The third kappa shape index (κ3) is 3.82. The van der Waals surface area contributed by atoms with Gasteiger partial charge in [-0.25, -0.2) is 0 Å². The van der Waals surface area contributed by atoms with E-state index in [1.807, 2.05) is 17.5 Å². The number of hydrogen-bond acceptors (Lipinski definition) is 2. The summed E-state index contributed by atoms with van der Waals surface area (Å²) in [7, 11) is 0. The summed E-state index contributed by atoms with van der Waals surface area (Å²) in [5, 5.41) is 11.5. The molecule has 0 N–H and O–H groups in total. The maximum absolute atomic E-state index is 5.11. The lowest BCUT2D eigenvalue weighted by Gasteiger charge is -2.30. The molecule has 56 heavy (non-hydrogen) atoms. The number of fused-ring (bicyclic) bond motifs is 18. The Bertz CT molecular complexity index is 3490. The zero-order chi connectivity index (χ0) is 36.5. The van der Waals surface area contributed by atoms with Gasteiger partial charge in [0.1, 0.15) is 0 Å². The van der Waals surface area contributed by atoms with E-state index in [4.69, 9.17) is 4.98 Å². The molecule has 2 aromatic heterocycles. The number of aromatic nitrogens is 1. The molecule has 1 nitrogen and oxygen atoms in total. The lowest BCUT2D eigenvalue weighted by molar-refractivity contribution is 0.800. The Morgan fingerprint density at radius 2 is 1.00 bits per heavy atom. The third-order valence-electron chi connectivity index (χ3n) is 12.7. The van der Waals surface area contributed by atoms with Crippen LogP contribution in [-0.4, -0.2) is 4.98 Å². The monoisotopic (exact) mass is 725 g/mol. The zero-order valence-electron chi connectivity index (χ0n) is 30.3. The fraction of sp³-hybridized carbons (Fsp3) is 0.0185. The lowest BCUT2D eigenvalue weighted by atomic mass is 9.70. The van der Waals surface area contributed by atoms with Gasteiger partial charge in [0.15, 0.2) is 0 Å². The number of thiophene rings is 1. The van der Waals surface area contributed by atoms with Crippen molar-refractivity contribution in [3.63, 3.8) is 0 Å². The molecule has 2 aliphatic rings. The van der Waals surface area contributed by atoms with Crippen molar-refractivity contribution < 1.29 is 0 Å². The van der Waals surface area contributed by atoms with Gasteiger partial charge in [-0.1, -0.05) is 152 Å². The summed E-state index contributed by atoms with van der Waals surface area (Å²) in [5.41, 5.74) is 13.5. The highest BCUT2D eigenvalue weighted by Gasteiger charge is 2.54. The molecule has 1 atom stereocenters. The van der Waals surface area contributed by atoms with Crippen LogP contribution in [0.4, 0.5) is 0 Å². The van der Waals surface area contributed by atoms with E-state index in [0.29, 0.717) is 0 Å². The second-order valence-corrected chi connectivity index (χ2v) is 16.4. The van der Waals surface area contributed by atoms with Crippen LogP contribution in [0.1, 0.15) is 22.3 Å². The van der Waals surface area contributed by atoms with Crippen LogP contribution in [0.5, 0.6) is 0 Å². The molecule has 0 radical (unpaired) electrons. The van der Waals surface area contributed by atoms with Crippen molar-refractivity contribution in [2.45, 2.75) is 5.41 Å². The molecule has 1 spiro atoms. The van der Waals surface area contributed by atoms with Crippen molar-refractivity contribution in [1.29, 1.82) is 0 Å². The molecule has 0 fully saturated rings. The minimum absolute atomic E-state index is 0.465. The molecular formula is C54H31NS. The first-order chi connectivity index (χ1) is 27.8. The molecule has 13 rings (SSSR count). The van der Waals surface area contributed by atoms with Gasteiger partial charge in [-0.3, -0.25) is 4.98 Å². The highest BCUT2D eigenvalue weighted by molar-refractivity contribution is 7.22. The molecule has 11 aromatic rings. The maximum atomic E-state index is 5.11. The maximum Gasteiger partial charge on any atom is 0.0756 e. The first kappa shape index (κ1) is 30.5. The van der Waals surface area contributed by atoms with Crippen molar-refractivity contribution >= 4 is 64.5 Å². The van der Waals surface area contributed by atoms with E-state index in [2.05, 4.69) is 182 Å². The van der Waals surface area contributed by atoms with Crippen LogP contribution >= 0.6 is 11.3 Å². The second kappa shape index (κ2) is 11.1. The normalized spacial score (nSPS) is 15.2. The first-order valence-electron chi connectivity index (χ1n) is 19.4. The Morgan fingerprint density at radius 3 is 1.84 bits per heavy atom. The molecule has 0 aliphatic heterocycles. The summed E-state index contributed by atoms with van der Waals surface area (Å²) < 4.78 is 1.33. The van der Waals surface area contributed by atoms with Crippen molar-refractivity contribution in [3.05, 3.63) is 210 Å². The van der Waals surface area contributed by atoms with E-state index in [1.54, 1.807) is 0 Å². The summed E-state index contributed by atoms with van der Waals surface area (Å²) in [5.74, 6) is 0. The molecule has 2 heteroatoms. The fourth-order valence-electron chi connectivity index (χ4n) is 10.5. The van der Waals surface area contributed by atoms with Crippen LogP contribution in [0.2, 0.25) is 0 Å². The van der Waals surface area contributed by atoms with Gasteiger partial charge in [-0.2, -0.15) is 0 Å². The molecule has 2 aliphatic carbocycles. The van der Waals surface area contributed by atoms with Crippen LogP contribution in [-0.2, 0) is 5.41 Å². The average Bonchev–Trinajstić information content (AvgIpc) is 3.89. The topological polar surface area (TPSA) is 12.9 Å². The first-order valence-corrected chi connectivity index (χ1v) is 20.2. The second-order valence-electron chi connectivity index (χ2n) is 15.3. The standard InChI is InChI=1S/C54H31NS/c1-2-15-34-32(13-1)14-11-22-35(34)44-31-46-37-17-4-3-16-36(37)43(30-45(46)39-19-6-5-18-38(39)44)33-26-27-40-49(29-33)54(48-24-12-28-55-52(40)48)47-23-9-7-20-41(47)53-51(54)42-21-8-10-25-50(42)56-53/h1-31H. The highest BCUT2D eigenvalue weighted by atomic mass is 32.1. The lowest BCUT2D eigenvalue weighted by Crippen LogP contribution is -2.26. The summed E-state index contributed by atoms with van der Waals surface area (Å²) >= 11 is 1.92. The van der Waals surface area contributed by atoms with Gasteiger partial charge < -0.3 is 0 Å². The van der Waals surface area contributed by atoms with Gasteiger partial charge in [0.2, 0.25) is 0 Å². The fourth-order valence-corrected chi connectivity index (χ4v) is 11.8.